The van der Waals surface area contributed by atoms with Crippen LogP contribution in [0.15, 0.2) is 23.0 Å². The predicted molar refractivity (Wildman–Crippen MR) is 87.5 cm³/mol. The number of ether oxygens (including phenoxy) is 4. The van der Waals surface area contributed by atoms with E-state index in [2.05, 4.69) is 55.4 Å². The van der Waals surface area contributed by atoms with E-state index in [1.54, 1.807) is 0 Å². The van der Waals surface area contributed by atoms with Gasteiger partial charge in [0.2, 0.25) is 13.6 Å². The lowest BCUT2D eigenvalue weighted by atomic mass is 10.1. The molecule has 22 heavy (non-hydrogen) atoms. The highest BCUT2D eigenvalue weighted by Crippen LogP contribution is 2.29. The Hall–Kier alpha value is -1.32. The van der Waals surface area contributed by atoms with Gasteiger partial charge in [0.1, 0.15) is 23.0 Å². The van der Waals surface area contributed by atoms with E-state index >= 15 is 0 Å². The summed E-state index contributed by atoms with van der Waals surface area (Å²) in [7, 11) is 0. The van der Waals surface area contributed by atoms with Crippen molar-refractivity contribution in [3.05, 3.63) is 23.0 Å². The Morgan fingerprint density at radius 3 is 0.773 bits per heavy atom. The van der Waals surface area contributed by atoms with Crippen LogP contribution in [0.1, 0.15) is 55.4 Å². The van der Waals surface area contributed by atoms with E-state index in [1.807, 2.05) is 0 Å². The lowest BCUT2D eigenvalue weighted by Crippen LogP contribution is -2.00. The van der Waals surface area contributed by atoms with Gasteiger partial charge in [-0.1, -0.05) is 55.4 Å². The van der Waals surface area contributed by atoms with Gasteiger partial charge in [0, 0.05) is 23.7 Å². The second kappa shape index (κ2) is 8.35. The number of allylic oxidation sites excluding steroid dienone is 4. The zero-order chi connectivity index (χ0) is 16.9. The summed E-state index contributed by atoms with van der Waals surface area (Å²) in [6.07, 6.45) is 0. The molecule has 0 N–H and O–H groups in total. The van der Waals surface area contributed by atoms with Crippen LogP contribution in [-0.2, 0) is 18.9 Å². The molecular weight excluding hydrogens is 280 g/mol. The molecule has 2 aliphatic heterocycles. The summed E-state index contributed by atoms with van der Waals surface area (Å²) in [6.45, 7) is 17.7. The molecule has 0 aromatic carbocycles. The maximum absolute atomic E-state index is 5.35. The molecule has 0 saturated carbocycles. The van der Waals surface area contributed by atoms with E-state index in [0.717, 1.165) is 23.0 Å². The van der Waals surface area contributed by atoms with E-state index in [0.29, 0.717) is 37.3 Å². The summed E-state index contributed by atoms with van der Waals surface area (Å²) in [5.41, 5.74) is 0. The largest absolute Gasteiger partial charge is 0.458 e. The average molecular weight is 312 g/mol. The second-order valence-electron chi connectivity index (χ2n) is 6.89. The van der Waals surface area contributed by atoms with Gasteiger partial charge in [0.25, 0.3) is 0 Å². The molecule has 2 heterocycles. The first kappa shape index (κ1) is 18.7. The fraction of sp³-hybridized carbons (Fsp3) is 0.778. The van der Waals surface area contributed by atoms with Crippen molar-refractivity contribution < 1.29 is 18.9 Å². The maximum atomic E-state index is 5.35. The van der Waals surface area contributed by atoms with Crippen LogP contribution in [0, 0.1) is 23.7 Å². The topological polar surface area (TPSA) is 36.9 Å². The summed E-state index contributed by atoms with van der Waals surface area (Å²) in [4.78, 5) is 0. The highest BCUT2D eigenvalue weighted by molar-refractivity contribution is 5.09. The summed E-state index contributed by atoms with van der Waals surface area (Å²) >= 11 is 0. The monoisotopic (exact) mass is 312 g/mol. The smallest absolute Gasteiger partial charge is 0.230 e. The molecule has 0 aromatic rings. The first-order chi connectivity index (χ1) is 10.3. The lowest BCUT2D eigenvalue weighted by Gasteiger charge is -2.08. The molecule has 2 aliphatic rings. The number of hydrogen-bond donors (Lipinski definition) is 0. The van der Waals surface area contributed by atoms with Gasteiger partial charge in [-0.3, -0.25) is 0 Å². The molecule has 0 spiro atoms. The predicted octanol–water partition coefficient (Wildman–Crippen LogP) is 5.03. The van der Waals surface area contributed by atoms with Crippen molar-refractivity contribution in [2.45, 2.75) is 55.4 Å². The molecule has 4 heteroatoms. The fourth-order valence-corrected chi connectivity index (χ4v) is 2.40. The van der Waals surface area contributed by atoms with Crippen LogP contribution in [0.2, 0.25) is 0 Å². The highest BCUT2D eigenvalue weighted by atomic mass is 16.7. The molecule has 0 unspecified atom stereocenters. The first-order valence-corrected chi connectivity index (χ1v) is 8.24. The fourth-order valence-electron chi connectivity index (χ4n) is 2.40. The van der Waals surface area contributed by atoms with Crippen LogP contribution in [0.4, 0.5) is 0 Å². The molecule has 0 atom stereocenters. The van der Waals surface area contributed by atoms with Crippen molar-refractivity contribution >= 4 is 0 Å². The minimum Gasteiger partial charge on any atom is -0.458 e. The SMILES string of the molecule is CC(C)C1=C(C(C)C)OCO1.CC(C)C1=C(C(C)C)OCO1. The molecule has 0 fully saturated rings. The van der Waals surface area contributed by atoms with Gasteiger partial charge in [-0.25, -0.2) is 0 Å². The van der Waals surface area contributed by atoms with Gasteiger partial charge < -0.3 is 18.9 Å². The van der Waals surface area contributed by atoms with E-state index in [-0.39, 0.29) is 0 Å². The third kappa shape index (κ3) is 4.85. The van der Waals surface area contributed by atoms with Crippen LogP contribution in [0.3, 0.4) is 0 Å². The third-order valence-corrected chi connectivity index (χ3v) is 3.44. The number of rotatable bonds is 4. The summed E-state index contributed by atoms with van der Waals surface area (Å²) in [5, 5.41) is 0. The third-order valence-electron chi connectivity index (χ3n) is 3.44. The Labute approximate surface area is 135 Å². The molecule has 0 aliphatic carbocycles. The van der Waals surface area contributed by atoms with Gasteiger partial charge in [0.05, 0.1) is 0 Å². The van der Waals surface area contributed by atoms with Crippen molar-refractivity contribution in [3.8, 4) is 0 Å². The van der Waals surface area contributed by atoms with Crippen LogP contribution in [0.25, 0.3) is 0 Å². The first-order valence-electron chi connectivity index (χ1n) is 8.24. The molecule has 128 valence electrons. The normalized spacial score (nSPS) is 17.6. The molecule has 2 rings (SSSR count). The zero-order valence-electron chi connectivity index (χ0n) is 15.4. The highest BCUT2D eigenvalue weighted by Gasteiger charge is 2.23. The van der Waals surface area contributed by atoms with E-state index in [4.69, 9.17) is 18.9 Å². The Balaban J connectivity index is 0.000000220. The van der Waals surface area contributed by atoms with Crippen LogP contribution in [0.5, 0.6) is 0 Å². The average Bonchev–Trinajstić information content (AvgIpc) is 3.08. The Kier molecular flexibility index (Phi) is 7.11. The lowest BCUT2D eigenvalue weighted by molar-refractivity contribution is 0.0591. The number of hydrogen-bond acceptors (Lipinski definition) is 4. The summed E-state index contributed by atoms with van der Waals surface area (Å²) in [5.74, 6) is 5.87. The Morgan fingerprint density at radius 2 is 0.636 bits per heavy atom. The van der Waals surface area contributed by atoms with Crippen LogP contribution >= 0.6 is 0 Å². The molecule has 0 aromatic heterocycles. The van der Waals surface area contributed by atoms with Gasteiger partial charge >= 0.3 is 0 Å². The molecular formula is C18H32O4. The molecule has 0 radical (unpaired) electrons. The standard InChI is InChI=1S/2C9H16O2/c2*1-6(2)8-9(7(3)4)11-5-10-8/h2*6-7H,5H2,1-4H3. The Bertz CT molecular complexity index is 341. The van der Waals surface area contributed by atoms with Crippen molar-refractivity contribution in [2.24, 2.45) is 23.7 Å². The van der Waals surface area contributed by atoms with E-state index in [9.17, 15) is 0 Å². The van der Waals surface area contributed by atoms with Crippen molar-refractivity contribution in [2.75, 3.05) is 13.6 Å². The van der Waals surface area contributed by atoms with Crippen molar-refractivity contribution in [1.82, 2.24) is 0 Å². The maximum Gasteiger partial charge on any atom is 0.230 e. The van der Waals surface area contributed by atoms with Gasteiger partial charge in [-0.15, -0.1) is 0 Å². The van der Waals surface area contributed by atoms with E-state index in [1.165, 1.54) is 0 Å². The zero-order valence-corrected chi connectivity index (χ0v) is 15.4. The summed E-state index contributed by atoms with van der Waals surface area (Å²) in [6, 6.07) is 0. The van der Waals surface area contributed by atoms with Gasteiger partial charge in [0.15, 0.2) is 0 Å². The van der Waals surface area contributed by atoms with Gasteiger partial charge in [-0.2, -0.15) is 0 Å². The van der Waals surface area contributed by atoms with E-state index < -0.39 is 0 Å². The van der Waals surface area contributed by atoms with Crippen molar-refractivity contribution in [3.63, 3.8) is 0 Å². The Morgan fingerprint density at radius 1 is 0.455 bits per heavy atom. The molecule has 0 saturated heterocycles. The second-order valence-corrected chi connectivity index (χ2v) is 6.89. The molecule has 4 nitrogen and oxygen atoms in total. The molecule has 0 amide bonds. The van der Waals surface area contributed by atoms with Crippen molar-refractivity contribution in [1.29, 1.82) is 0 Å². The summed E-state index contributed by atoms with van der Waals surface area (Å²) < 4.78 is 21.4. The quantitative estimate of drug-likeness (QED) is 0.729. The minimum atomic E-state index is 0.404. The minimum absolute atomic E-state index is 0.404. The van der Waals surface area contributed by atoms with Crippen LogP contribution in [-0.4, -0.2) is 13.6 Å². The molecule has 0 bridgehead atoms. The van der Waals surface area contributed by atoms with Crippen LogP contribution < -0.4 is 0 Å². The van der Waals surface area contributed by atoms with Gasteiger partial charge in [-0.05, 0) is 0 Å².